The Morgan fingerprint density at radius 2 is 1.42 bits per heavy atom. The van der Waals surface area contributed by atoms with Gasteiger partial charge in [0.25, 0.3) is 0 Å². The molecule has 0 fully saturated rings. The highest BCUT2D eigenvalue weighted by molar-refractivity contribution is 5.96. The van der Waals surface area contributed by atoms with Crippen LogP contribution in [-0.4, -0.2) is 5.78 Å². The second-order valence-corrected chi connectivity index (χ2v) is 5.54. The van der Waals surface area contributed by atoms with Crippen molar-refractivity contribution >= 4 is 5.78 Å². The molecule has 0 spiro atoms. The van der Waals surface area contributed by atoms with Crippen LogP contribution in [0.3, 0.4) is 0 Å². The molecule has 0 amide bonds. The summed E-state index contributed by atoms with van der Waals surface area (Å²) in [6, 6.07) is 19.9. The highest BCUT2D eigenvalue weighted by Gasteiger charge is 2.21. The average Bonchev–Trinajstić information content (AvgIpc) is 2.47. The van der Waals surface area contributed by atoms with Gasteiger partial charge in [-0.05, 0) is 17.4 Å². The van der Waals surface area contributed by atoms with E-state index in [0.29, 0.717) is 6.42 Å². The topological polar surface area (TPSA) is 17.1 Å². The van der Waals surface area contributed by atoms with Crippen LogP contribution in [0, 0.1) is 0 Å². The minimum atomic E-state index is 0.0334. The third kappa shape index (κ3) is 3.54. The van der Waals surface area contributed by atoms with E-state index in [1.165, 1.54) is 5.56 Å². The van der Waals surface area contributed by atoms with Gasteiger partial charge < -0.3 is 0 Å². The molecule has 2 aromatic carbocycles. The first-order valence-electron chi connectivity index (χ1n) is 6.73. The quantitative estimate of drug-likeness (QED) is 0.709. The van der Waals surface area contributed by atoms with Crippen molar-refractivity contribution in [2.45, 2.75) is 32.1 Å². The summed E-state index contributed by atoms with van der Waals surface area (Å²) in [6.07, 6.45) is 1.46. The third-order valence-corrected chi connectivity index (χ3v) is 3.63. The molecular weight excluding hydrogens is 232 g/mol. The molecule has 0 saturated heterocycles. The van der Waals surface area contributed by atoms with Crippen molar-refractivity contribution in [3.05, 3.63) is 71.8 Å². The molecule has 0 aliphatic rings. The fourth-order valence-electron chi connectivity index (χ4n) is 2.23. The number of ketones is 1. The Morgan fingerprint density at radius 3 is 2.00 bits per heavy atom. The first kappa shape index (κ1) is 13.5. The Balaban J connectivity index is 2.01. The van der Waals surface area contributed by atoms with E-state index in [4.69, 9.17) is 0 Å². The number of Topliss-reactive ketones (excluding diaryl/α,β-unsaturated/α-hetero) is 1. The fraction of sp³-hybridized carbons (Fsp3) is 0.278. The Morgan fingerprint density at radius 1 is 0.895 bits per heavy atom. The summed E-state index contributed by atoms with van der Waals surface area (Å²) in [5.41, 5.74) is 2.13. The molecule has 1 nitrogen and oxygen atoms in total. The van der Waals surface area contributed by atoms with E-state index < -0.39 is 0 Å². The smallest absolute Gasteiger partial charge is 0.162 e. The van der Waals surface area contributed by atoms with Crippen LogP contribution in [0.4, 0.5) is 0 Å². The van der Waals surface area contributed by atoms with Crippen LogP contribution in [0.1, 0.15) is 42.6 Å². The minimum absolute atomic E-state index is 0.0334. The number of hydrogen-bond acceptors (Lipinski definition) is 1. The maximum Gasteiger partial charge on any atom is 0.162 e. The van der Waals surface area contributed by atoms with Crippen LogP contribution in [0.25, 0.3) is 0 Å². The van der Waals surface area contributed by atoms with Gasteiger partial charge >= 0.3 is 0 Å². The van der Waals surface area contributed by atoms with Gasteiger partial charge in [-0.3, -0.25) is 4.79 Å². The largest absolute Gasteiger partial charge is 0.294 e. The van der Waals surface area contributed by atoms with Crippen molar-refractivity contribution in [1.29, 1.82) is 0 Å². The third-order valence-electron chi connectivity index (χ3n) is 3.63. The maximum atomic E-state index is 12.1. The standard InChI is InChI=1S/C18H20O/c1-18(2,16-11-7-4-8-12-16)14-13-17(19)15-9-5-3-6-10-15/h3-12H,13-14H2,1-2H3. The van der Waals surface area contributed by atoms with Crippen molar-refractivity contribution in [2.75, 3.05) is 0 Å². The van der Waals surface area contributed by atoms with Crippen LogP contribution in [0.5, 0.6) is 0 Å². The summed E-state index contributed by atoms with van der Waals surface area (Å²) in [7, 11) is 0. The van der Waals surface area contributed by atoms with Gasteiger partial charge in [0.2, 0.25) is 0 Å². The molecule has 0 aromatic heterocycles. The van der Waals surface area contributed by atoms with Gasteiger partial charge in [0.05, 0.1) is 0 Å². The van der Waals surface area contributed by atoms with E-state index in [1.807, 2.05) is 36.4 Å². The van der Waals surface area contributed by atoms with E-state index >= 15 is 0 Å². The van der Waals surface area contributed by atoms with Gasteiger partial charge in [0, 0.05) is 12.0 Å². The molecule has 0 aliphatic heterocycles. The van der Waals surface area contributed by atoms with E-state index in [0.717, 1.165) is 12.0 Å². The molecule has 0 atom stereocenters. The molecule has 0 unspecified atom stereocenters. The number of rotatable bonds is 5. The van der Waals surface area contributed by atoms with E-state index in [-0.39, 0.29) is 11.2 Å². The number of carbonyl (C=O) groups is 1. The summed E-state index contributed by atoms with van der Waals surface area (Å²) < 4.78 is 0. The SMILES string of the molecule is CC(C)(CCC(=O)c1ccccc1)c1ccccc1. The van der Waals surface area contributed by atoms with Gasteiger partial charge in [0.15, 0.2) is 5.78 Å². The highest BCUT2D eigenvalue weighted by atomic mass is 16.1. The van der Waals surface area contributed by atoms with Crippen LogP contribution in [-0.2, 0) is 5.41 Å². The molecule has 19 heavy (non-hydrogen) atoms. The summed E-state index contributed by atoms with van der Waals surface area (Å²) in [6.45, 7) is 4.39. The van der Waals surface area contributed by atoms with Crippen LogP contribution in [0.2, 0.25) is 0 Å². The molecule has 1 heteroatoms. The average molecular weight is 252 g/mol. The second-order valence-electron chi connectivity index (χ2n) is 5.54. The summed E-state index contributed by atoms with van der Waals surface area (Å²) in [5.74, 6) is 0.226. The van der Waals surface area contributed by atoms with Crippen LogP contribution in [0.15, 0.2) is 60.7 Å². The minimum Gasteiger partial charge on any atom is -0.294 e. The first-order valence-corrected chi connectivity index (χ1v) is 6.73. The molecule has 0 bridgehead atoms. The lowest BCUT2D eigenvalue weighted by Crippen LogP contribution is -2.18. The van der Waals surface area contributed by atoms with Gasteiger partial charge in [0.1, 0.15) is 0 Å². The predicted molar refractivity (Wildman–Crippen MR) is 79.5 cm³/mol. The molecule has 0 N–H and O–H groups in total. The monoisotopic (exact) mass is 252 g/mol. The molecule has 2 rings (SSSR count). The molecule has 98 valence electrons. The van der Waals surface area contributed by atoms with Crippen molar-refractivity contribution in [3.63, 3.8) is 0 Å². The second kappa shape index (κ2) is 5.83. The summed E-state index contributed by atoms with van der Waals surface area (Å²) in [4.78, 5) is 12.1. The van der Waals surface area contributed by atoms with E-state index in [9.17, 15) is 4.79 Å². The Labute approximate surface area is 115 Å². The molecule has 0 aliphatic carbocycles. The van der Waals surface area contributed by atoms with Crippen molar-refractivity contribution in [2.24, 2.45) is 0 Å². The molecule has 2 aromatic rings. The summed E-state index contributed by atoms with van der Waals surface area (Å²) >= 11 is 0. The highest BCUT2D eigenvalue weighted by Crippen LogP contribution is 2.28. The number of carbonyl (C=O) groups excluding carboxylic acids is 1. The molecular formula is C18H20O. The predicted octanol–water partition coefficient (Wildman–Crippen LogP) is 4.63. The van der Waals surface area contributed by atoms with E-state index in [1.54, 1.807) is 0 Å². The lowest BCUT2D eigenvalue weighted by Gasteiger charge is -2.25. The summed E-state index contributed by atoms with van der Waals surface area (Å²) in [5, 5.41) is 0. The maximum absolute atomic E-state index is 12.1. The fourth-order valence-corrected chi connectivity index (χ4v) is 2.23. The van der Waals surface area contributed by atoms with Gasteiger partial charge in [-0.15, -0.1) is 0 Å². The van der Waals surface area contributed by atoms with Gasteiger partial charge in [-0.25, -0.2) is 0 Å². The van der Waals surface area contributed by atoms with E-state index in [2.05, 4.69) is 38.1 Å². The Bertz CT molecular complexity index is 526. The lowest BCUT2D eigenvalue weighted by atomic mass is 9.80. The molecule has 0 radical (unpaired) electrons. The Kier molecular flexibility index (Phi) is 4.16. The first-order chi connectivity index (χ1) is 9.09. The zero-order chi connectivity index (χ0) is 13.7. The zero-order valence-corrected chi connectivity index (χ0v) is 11.6. The van der Waals surface area contributed by atoms with Crippen molar-refractivity contribution in [3.8, 4) is 0 Å². The Hall–Kier alpha value is -1.89. The zero-order valence-electron chi connectivity index (χ0n) is 11.6. The number of benzene rings is 2. The normalized spacial score (nSPS) is 11.3. The van der Waals surface area contributed by atoms with Crippen LogP contribution >= 0.6 is 0 Å². The van der Waals surface area contributed by atoms with Crippen molar-refractivity contribution in [1.82, 2.24) is 0 Å². The van der Waals surface area contributed by atoms with Crippen molar-refractivity contribution < 1.29 is 4.79 Å². The molecule has 0 saturated carbocycles. The molecule has 0 heterocycles. The lowest BCUT2D eigenvalue weighted by molar-refractivity contribution is 0.0972. The van der Waals surface area contributed by atoms with Crippen LogP contribution < -0.4 is 0 Å². The number of hydrogen-bond donors (Lipinski definition) is 0. The van der Waals surface area contributed by atoms with Gasteiger partial charge in [-0.1, -0.05) is 74.5 Å². The van der Waals surface area contributed by atoms with Gasteiger partial charge in [-0.2, -0.15) is 0 Å².